The second-order valence-corrected chi connectivity index (χ2v) is 7.63. The summed E-state index contributed by atoms with van der Waals surface area (Å²) in [6.07, 6.45) is 0.971. The van der Waals surface area contributed by atoms with Gasteiger partial charge in [0.05, 0.1) is 18.3 Å². The smallest absolute Gasteiger partial charge is 0.287 e. The fraction of sp³-hybridized carbons (Fsp3) is 0.208. The number of para-hydroxylation sites is 1. The van der Waals surface area contributed by atoms with E-state index in [1.54, 1.807) is 42.5 Å². The number of halogens is 2. The number of oxazole rings is 1. The highest BCUT2D eigenvalue weighted by Gasteiger charge is 2.47. The number of likely N-dealkylation sites (tertiary alicyclic amines) is 1. The van der Waals surface area contributed by atoms with Crippen molar-refractivity contribution in [3.05, 3.63) is 78.7 Å². The highest BCUT2D eigenvalue weighted by Crippen LogP contribution is 2.32. The fourth-order valence-corrected chi connectivity index (χ4v) is 3.77. The topological polar surface area (TPSA) is 68.5 Å². The van der Waals surface area contributed by atoms with Gasteiger partial charge in [-0.3, -0.25) is 4.79 Å². The van der Waals surface area contributed by atoms with Crippen LogP contribution in [0.15, 0.2) is 77.5 Å². The second-order valence-electron chi connectivity index (χ2n) is 7.63. The lowest BCUT2D eigenvalue weighted by Gasteiger charge is -2.38. The van der Waals surface area contributed by atoms with Crippen molar-refractivity contribution in [2.75, 3.05) is 13.1 Å². The van der Waals surface area contributed by atoms with E-state index in [9.17, 15) is 13.6 Å². The average Bonchev–Trinajstić information content (AvgIpc) is 3.35. The molecule has 32 heavy (non-hydrogen) atoms. The van der Waals surface area contributed by atoms with Gasteiger partial charge < -0.3 is 14.1 Å². The standard InChI is InChI=1S/C24H19F2N3O3/c25-24(26)10-12-29(23(30)18-6-3-5-17(14-18)22-27-11-13-31-22)15-20(24)32-21-9-8-16-4-1-2-7-19(16)28-21/h1-9,11,13-14,20H,10,12,15H2/t20-/m0/s1. The summed E-state index contributed by atoms with van der Waals surface area (Å²) in [4.78, 5) is 22.9. The Morgan fingerprint density at radius 2 is 2.00 bits per heavy atom. The molecular weight excluding hydrogens is 416 g/mol. The molecule has 0 unspecified atom stereocenters. The zero-order chi connectivity index (χ0) is 22.1. The van der Waals surface area contributed by atoms with Crippen LogP contribution in [-0.2, 0) is 0 Å². The van der Waals surface area contributed by atoms with E-state index >= 15 is 0 Å². The monoisotopic (exact) mass is 435 g/mol. The molecule has 2 aromatic carbocycles. The third kappa shape index (κ3) is 3.91. The van der Waals surface area contributed by atoms with Gasteiger partial charge in [-0.25, -0.2) is 18.7 Å². The third-order valence-electron chi connectivity index (χ3n) is 5.48. The third-order valence-corrected chi connectivity index (χ3v) is 5.48. The van der Waals surface area contributed by atoms with Crippen molar-refractivity contribution in [1.82, 2.24) is 14.9 Å². The molecule has 0 saturated carbocycles. The van der Waals surface area contributed by atoms with E-state index in [1.807, 2.05) is 18.2 Å². The SMILES string of the molecule is O=C(c1cccc(-c2ncco2)c1)N1CCC(F)(F)[C@@H](Oc2ccc3ccccc3n2)C1. The fourth-order valence-electron chi connectivity index (χ4n) is 3.77. The lowest BCUT2D eigenvalue weighted by molar-refractivity contribution is -0.131. The van der Waals surface area contributed by atoms with E-state index in [1.165, 1.54) is 17.4 Å². The molecule has 6 nitrogen and oxygen atoms in total. The molecule has 1 aliphatic heterocycles. The molecule has 1 aliphatic rings. The number of ether oxygens (including phenoxy) is 1. The molecule has 0 bridgehead atoms. The number of aromatic nitrogens is 2. The molecule has 0 aliphatic carbocycles. The van der Waals surface area contributed by atoms with Crippen molar-refractivity contribution in [3.8, 4) is 17.3 Å². The largest absolute Gasteiger partial charge is 0.466 e. The van der Waals surface area contributed by atoms with Crippen molar-refractivity contribution in [1.29, 1.82) is 0 Å². The molecule has 2 aromatic heterocycles. The van der Waals surface area contributed by atoms with Crippen LogP contribution in [0.4, 0.5) is 8.78 Å². The molecular formula is C24H19F2N3O3. The van der Waals surface area contributed by atoms with Crippen LogP contribution in [0.25, 0.3) is 22.4 Å². The number of carbonyl (C=O) groups is 1. The normalized spacial score (nSPS) is 17.9. The van der Waals surface area contributed by atoms with Gasteiger partial charge >= 0.3 is 0 Å². The maximum Gasteiger partial charge on any atom is 0.287 e. The minimum absolute atomic E-state index is 0.0694. The van der Waals surface area contributed by atoms with Crippen LogP contribution in [-0.4, -0.2) is 45.9 Å². The number of hydrogen-bond donors (Lipinski definition) is 0. The van der Waals surface area contributed by atoms with E-state index in [-0.39, 0.29) is 24.9 Å². The van der Waals surface area contributed by atoms with E-state index in [4.69, 9.17) is 9.15 Å². The van der Waals surface area contributed by atoms with Crippen LogP contribution < -0.4 is 4.74 Å². The van der Waals surface area contributed by atoms with E-state index < -0.39 is 18.4 Å². The minimum Gasteiger partial charge on any atom is -0.466 e. The Bertz CT molecular complexity index is 1260. The van der Waals surface area contributed by atoms with Crippen LogP contribution in [0.5, 0.6) is 5.88 Å². The van der Waals surface area contributed by atoms with Crippen molar-refractivity contribution in [3.63, 3.8) is 0 Å². The number of hydrogen-bond acceptors (Lipinski definition) is 5. The van der Waals surface area contributed by atoms with Crippen molar-refractivity contribution < 1.29 is 22.7 Å². The lowest BCUT2D eigenvalue weighted by Crippen LogP contribution is -2.55. The number of nitrogens with zero attached hydrogens (tertiary/aromatic N) is 3. The first kappa shape index (κ1) is 20.1. The molecule has 162 valence electrons. The minimum atomic E-state index is -3.08. The molecule has 1 amide bonds. The molecule has 3 heterocycles. The number of benzene rings is 2. The predicted molar refractivity (Wildman–Crippen MR) is 114 cm³/mol. The molecule has 0 spiro atoms. The number of pyridine rings is 1. The summed E-state index contributed by atoms with van der Waals surface area (Å²) in [5, 5.41) is 0.887. The van der Waals surface area contributed by atoms with Gasteiger partial charge in [-0.2, -0.15) is 0 Å². The van der Waals surface area contributed by atoms with Gasteiger partial charge in [-0.05, 0) is 30.3 Å². The van der Waals surface area contributed by atoms with Gasteiger partial charge in [-0.1, -0.05) is 24.3 Å². The van der Waals surface area contributed by atoms with Crippen LogP contribution >= 0.6 is 0 Å². The second kappa shape index (κ2) is 8.03. The average molecular weight is 435 g/mol. The molecule has 1 atom stereocenters. The molecule has 1 saturated heterocycles. The van der Waals surface area contributed by atoms with Crippen LogP contribution in [0.1, 0.15) is 16.8 Å². The Hall–Kier alpha value is -3.81. The Kier molecular flexibility index (Phi) is 5.05. The molecule has 5 rings (SSSR count). The Balaban J connectivity index is 1.36. The van der Waals surface area contributed by atoms with Gasteiger partial charge in [-0.15, -0.1) is 0 Å². The first-order valence-electron chi connectivity index (χ1n) is 10.2. The van der Waals surface area contributed by atoms with Gasteiger partial charge in [0.25, 0.3) is 11.8 Å². The summed E-state index contributed by atoms with van der Waals surface area (Å²) in [5.41, 5.74) is 1.66. The summed E-state index contributed by atoms with van der Waals surface area (Å²) >= 11 is 0. The molecule has 0 N–H and O–H groups in total. The van der Waals surface area contributed by atoms with Crippen LogP contribution in [0.2, 0.25) is 0 Å². The van der Waals surface area contributed by atoms with Gasteiger partial charge in [0.1, 0.15) is 6.26 Å². The maximum atomic E-state index is 14.6. The number of rotatable bonds is 4. The molecule has 8 heteroatoms. The summed E-state index contributed by atoms with van der Waals surface area (Å²) < 4.78 is 40.2. The number of carbonyl (C=O) groups excluding carboxylic acids is 1. The van der Waals surface area contributed by atoms with Gasteiger partial charge in [0, 0.05) is 35.5 Å². The van der Waals surface area contributed by atoms with E-state index in [0.717, 1.165) is 5.39 Å². The van der Waals surface area contributed by atoms with Crippen molar-refractivity contribution in [2.45, 2.75) is 18.4 Å². The summed E-state index contributed by atoms with van der Waals surface area (Å²) in [5.74, 6) is -2.94. The molecule has 1 fully saturated rings. The highest BCUT2D eigenvalue weighted by molar-refractivity contribution is 5.95. The first-order valence-corrected chi connectivity index (χ1v) is 10.2. The number of fused-ring (bicyclic) bond motifs is 1. The van der Waals surface area contributed by atoms with E-state index in [2.05, 4.69) is 9.97 Å². The van der Waals surface area contributed by atoms with E-state index in [0.29, 0.717) is 22.5 Å². The number of alkyl halides is 2. The summed E-state index contributed by atoms with van der Waals surface area (Å²) in [6.45, 7) is -0.316. The highest BCUT2D eigenvalue weighted by atomic mass is 19.3. The first-order chi connectivity index (χ1) is 15.5. The van der Waals surface area contributed by atoms with Crippen LogP contribution in [0, 0.1) is 0 Å². The molecule has 0 radical (unpaired) electrons. The Labute approximate surface area is 182 Å². The molecule has 4 aromatic rings. The Morgan fingerprint density at radius 1 is 1.12 bits per heavy atom. The van der Waals surface area contributed by atoms with Gasteiger partial charge in [0.15, 0.2) is 6.10 Å². The summed E-state index contributed by atoms with van der Waals surface area (Å²) in [7, 11) is 0. The number of amides is 1. The van der Waals surface area contributed by atoms with Gasteiger partial charge in [0.2, 0.25) is 11.8 Å². The number of piperidine rings is 1. The lowest BCUT2D eigenvalue weighted by atomic mass is 10.0. The van der Waals surface area contributed by atoms with Crippen molar-refractivity contribution in [2.24, 2.45) is 0 Å². The van der Waals surface area contributed by atoms with Crippen molar-refractivity contribution >= 4 is 16.8 Å². The quantitative estimate of drug-likeness (QED) is 0.460. The Morgan fingerprint density at radius 3 is 2.84 bits per heavy atom. The maximum absolute atomic E-state index is 14.6. The zero-order valence-electron chi connectivity index (χ0n) is 16.9. The predicted octanol–water partition coefficient (Wildman–Crippen LogP) is 4.82. The zero-order valence-corrected chi connectivity index (χ0v) is 16.9. The summed E-state index contributed by atoms with van der Waals surface area (Å²) in [6, 6.07) is 17.5. The van der Waals surface area contributed by atoms with Crippen LogP contribution in [0.3, 0.4) is 0 Å².